The summed E-state index contributed by atoms with van der Waals surface area (Å²) >= 11 is 0. The molecule has 0 aliphatic carbocycles. The van der Waals surface area contributed by atoms with E-state index in [9.17, 15) is 9.59 Å². The lowest BCUT2D eigenvalue weighted by molar-refractivity contribution is -0.121. The molecule has 1 aliphatic rings. The zero-order chi connectivity index (χ0) is 14.9. The van der Waals surface area contributed by atoms with Crippen molar-refractivity contribution in [1.82, 2.24) is 14.9 Å². The molecule has 1 fully saturated rings. The number of carbonyl (C=O) groups is 1. The summed E-state index contributed by atoms with van der Waals surface area (Å²) < 4.78 is 1.51. The standard InChI is InChI=1S/C15H18N4O2/c1-15(7-2-8-17-15)13(20)18-11-3-5-12(6-4-11)19-10-9-16-14(19)21/h3-6,9-10,17H,2,7-8H2,1H3,(H,16,21)(H,18,20). The number of anilines is 1. The van der Waals surface area contributed by atoms with Crippen molar-refractivity contribution in [2.24, 2.45) is 0 Å². The predicted octanol–water partition coefficient (Wildman–Crippen LogP) is 1.25. The number of benzene rings is 1. The summed E-state index contributed by atoms with van der Waals surface area (Å²) in [6.45, 7) is 2.79. The Morgan fingerprint density at radius 1 is 1.33 bits per heavy atom. The maximum absolute atomic E-state index is 12.3. The Labute approximate surface area is 122 Å². The zero-order valence-electron chi connectivity index (χ0n) is 11.8. The fraction of sp³-hybridized carbons (Fsp3) is 0.333. The fourth-order valence-electron chi connectivity index (χ4n) is 2.59. The Bertz CT molecular complexity index is 693. The molecule has 2 aromatic rings. The number of hydrogen-bond donors (Lipinski definition) is 3. The van der Waals surface area contributed by atoms with Crippen LogP contribution in [0.3, 0.4) is 0 Å². The summed E-state index contributed by atoms with van der Waals surface area (Å²) in [7, 11) is 0. The van der Waals surface area contributed by atoms with E-state index in [4.69, 9.17) is 0 Å². The second-order valence-electron chi connectivity index (χ2n) is 5.50. The predicted molar refractivity (Wildman–Crippen MR) is 80.7 cm³/mol. The van der Waals surface area contributed by atoms with E-state index in [2.05, 4.69) is 15.6 Å². The van der Waals surface area contributed by atoms with E-state index >= 15 is 0 Å². The highest BCUT2D eigenvalue weighted by Gasteiger charge is 2.35. The van der Waals surface area contributed by atoms with Crippen LogP contribution in [0.25, 0.3) is 5.69 Å². The maximum Gasteiger partial charge on any atom is 0.330 e. The van der Waals surface area contributed by atoms with Crippen LogP contribution in [0.15, 0.2) is 41.5 Å². The van der Waals surface area contributed by atoms with Gasteiger partial charge in [0.05, 0.1) is 11.2 Å². The van der Waals surface area contributed by atoms with Crippen LogP contribution in [0.4, 0.5) is 5.69 Å². The molecule has 2 heterocycles. The normalized spacial score (nSPS) is 21.4. The summed E-state index contributed by atoms with van der Waals surface area (Å²) in [5.41, 5.74) is 0.803. The van der Waals surface area contributed by atoms with Gasteiger partial charge in [-0.15, -0.1) is 0 Å². The van der Waals surface area contributed by atoms with Crippen LogP contribution >= 0.6 is 0 Å². The molecule has 1 amide bonds. The first kappa shape index (κ1) is 13.6. The molecule has 6 nitrogen and oxygen atoms in total. The van der Waals surface area contributed by atoms with Crippen molar-refractivity contribution in [3.63, 3.8) is 0 Å². The molecule has 0 saturated carbocycles. The molecule has 110 valence electrons. The van der Waals surface area contributed by atoms with Gasteiger partial charge in [-0.05, 0) is 50.6 Å². The van der Waals surface area contributed by atoms with Gasteiger partial charge in [-0.3, -0.25) is 9.36 Å². The maximum atomic E-state index is 12.3. The van der Waals surface area contributed by atoms with Crippen molar-refractivity contribution in [3.8, 4) is 5.69 Å². The molecule has 3 rings (SSSR count). The zero-order valence-corrected chi connectivity index (χ0v) is 11.8. The van der Waals surface area contributed by atoms with Crippen LogP contribution in [0, 0.1) is 0 Å². The lowest BCUT2D eigenvalue weighted by atomic mass is 9.99. The number of hydrogen-bond acceptors (Lipinski definition) is 3. The Morgan fingerprint density at radius 3 is 2.67 bits per heavy atom. The summed E-state index contributed by atoms with van der Waals surface area (Å²) in [6.07, 6.45) is 5.11. The molecule has 1 aliphatic heterocycles. The van der Waals surface area contributed by atoms with Crippen molar-refractivity contribution in [2.75, 3.05) is 11.9 Å². The highest BCUT2D eigenvalue weighted by molar-refractivity contribution is 5.98. The number of aromatic nitrogens is 2. The van der Waals surface area contributed by atoms with Gasteiger partial charge in [0.15, 0.2) is 0 Å². The third-order valence-corrected chi connectivity index (χ3v) is 3.92. The molecular weight excluding hydrogens is 268 g/mol. The molecule has 6 heteroatoms. The van der Waals surface area contributed by atoms with Gasteiger partial charge in [-0.2, -0.15) is 0 Å². The van der Waals surface area contributed by atoms with Crippen LogP contribution < -0.4 is 16.3 Å². The van der Waals surface area contributed by atoms with E-state index < -0.39 is 5.54 Å². The van der Waals surface area contributed by atoms with Gasteiger partial charge < -0.3 is 15.6 Å². The minimum absolute atomic E-state index is 0.0217. The van der Waals surface area contributed by atoms with Crippen molar-refractivity contribution in [3.05, 3.63) is 47.1 Å². The Hall–Kier alpha value is -2.34. The lowest BCUT2D eigenvalue weighted by Crippen LogP contribution is -2.47. The van der Waals surface area contributed by atoms with E-state index in [1.807, 2.05) is 6.92 Å². The molecule has 1 atom stereocenters. The Kier molecular flexibility index (Phi) is 3.39. The van der Waals surface area contributed by atoms with Gasteiger partial charge in [0.1, 0.15) is 0 Å². The summed E-state index contributed by atoms with van der Waals surface area (Å²) in [6, 6.07) is 7.19. The van der Waals surface area contributed by atoms with Gasteiger partial charge in [-0.1, -0.05) is 0 Å². The van der Waals surface area contributed by atoms with Crippen LogP contribution in [0.2, 0.25) is 0 Å². The highest BCUT2D eigenvalue weighted by atomic mass is 16.2. The van der Waals surface area contributed by atoms with Gasteiger partial charge in [0.2, 0.25) is 5.91 Å². The first-order chi connectivity index (χ1) is 10.1. The third kappa shape index (κ3) is 2.62. The van der Waals surface area contributed by atoms with Crippen LogP contribution in [-0.2, 0) is 4.79 Å². The van der Waals surface area contributed by atoms with E-state index in [-0.39, 0.29) is 11.6 Å². The molecule has 3 N–H and O–H groups in total. The van der Waals surface area contributed by atoms with Gasteiger partial charge in [-0.25, -0.2) is 4.79 Å². The average Bonchev–Trinajstić information content (AvgIpc) is 3.09. The highest BCUT2D eigenvalue weighted by Crippen LogP contribution is 2.21. The SMILES string of the molecule is CC1(C(=O)Nc2ccc(-n3cc[nH]c3=O)cc2)CCCN1. The van der Waals surface area contributed by atoms with E-state index in [1.54, 1.807) is 36.7 Å². The average molecular weight is 286 g/mol. The second-order valence-corrected chi connectivity index (χ2v) is 5.50. The lowest BCUT2D eigenvalue weighted by Gasteiger charge is -2.23. The summed E-state index contributed by atoms with van der Waals surface area (Å²) in [5.74, 6) is -0.0217. The van der Waals surface area contributed by atoms with Gasteiger partial charge >= 0.3 is 5.69 Å². The number of H-pyrrole nitrogens is 1. The molecule has 0 radical (unpaired) electrons. The minimum atomic E-state index is -0.490. The molecule has 21 heavy (non-hydrogen) atoms. The fourth-order valence-corrected chi connectivity index (χ4v) is 2.59. The molecule has 1 aromatic carbocycles. The summed E-state index contributed by atoms with van der Waals surface area (Å²) in [4.78, 5) is 26.4. The van der Waals surface area contributed by atoms with Crippen LogP contribution in [0.1, 0.15) is 19.8 Å². The summed E-state index contributed by atoms with van der Waals surface area (Å²) in [5, 5.41) is 6.15. The van der Waals surface area contributed by atoms with Crippen LogP contribution in [-0.4, -0.2) is 27.5 Å². The number of nitrogens with zero attached hydrogens (tertiary/aromatic N) is 1. The van der Waals surface area contributed by atoms with Crippen molar-refractivity contribution >= 4 is 11.6 Å². The molecular formula is C15H18N4O2. The monoisotopic (exact) mass is 286 g/mol. The largest absolute Gasteiger partial charge is 0.330 e. The van der Waals surface area contributed by atoms with E-state index in [1.165, 1.54) is 4.57 Å². The number of carbonyl (C=O) groups excluding carboxylic acids is 1. The smallest absolute Gasteiger partial charge is 0.324 e. The number of imidazole rings is 1. The van der Waals surface area contributed by atoms with Gasteiger partial charge in [0.25, 0.3) is 0 Å². The van der Waals surface area contributed by atoms with Crippen molar-refractivity contribution in [2.45, 2.75) is 25.3 Å². The minimum Gasteiger partial charge on any atom is -0.324 e. The Balaban J connectivity index is 1.74. The Morgan fingerprint density at radius 2 is 2.10 bits per heavy atom. The number of rotatable bonds is 3. The molecule has 0 spiro atoms. The number of aromatic amines is 1. The first-order valence-corrected chi connectivity index (χ1v) is 7.01. The second kappa shape index (κ2) is 5.21. The molecule has 0 bridgehead atoms. The van der Waals surface area contributed by atoms with Crippen LogP contribution in [0.5, 0.6) is 0 Å². The topological polar surface area (TPSA) is 78.9 Å². The van der Waals surface area contributed by atoms with Gasteiger partial charge in [0, 0.05) is 18.1 Å². The quantitative estimate of drug-likeness (QED) is 0.794. The number of nitrogens with one attached hydrogen (secondary N) is 3. The van der Waals surface area contributed by atoms with Crippen molar-refractivity contribution < 1.29 is 4.79 Å². The molecule has 1 aromatic heterocycles. The third-order valence-electron chi connectivity index (χ3n) is 3.92. The van der Waals surface area contributed by atoms with E-state index in [0.717, 1.165) is 30.8 Å². The number of amides is 1. The first-order valence-electron chi connectivity index (χ1n) is 7.01. The molecule has 1 saturated heterocycles. The molecule has 1 unspecified atom stereocenters. The van der Waals surface area contributed by atoms with Crippen molar-refractivity contribution in [1.29, 1.82) is 0 Å². The van der Waals surface area contributed by atoms with E-state index in [0.29, 0.717) is 0 Å².